The zero-order chi connectivity index (χ0) is 15.6. The molecule has 7 nitrogen and oxygen atoms in total. The summed E-state index contributed by atoms with van der Waals surface area (Å²) in [4.78, 5) is 10.0. The molecule has 8 heteroatoms. The van der Waals surface area contributed by atoms with Crippen molar-refractivity contribution in [2.24, 2.45) is 0 Å². The number of sulfonamides is 1. The first-order chi connectivity index (χ1) is 9.13. The van der Waals surface area contributed by atoms with Crippen LogP contribution in [-0.4, -0.2) is 25.9 Å². The zero-order valence-corrected chi connectivity index (χ0v) is 12.7. The van der Waals surface area contributed by atoms with E-state index in [9.17, 15) is 18.5 Å². The zero-order valence-electron chi connectivity index (χ0n) is 11.9. The van der Waals surface area contributed by atoms with Crippen LogP contribution in [-0.2, 0) is 10.0 Å². The molecular formula is C12H19N3O4S. The van der Waals surface area contributed by atoms with Gasteiger partial charge >= 0.3 is 0 Å². The van der Waals surface area contributed by atoms with Crippen molar-refractivity contribution in [1.82, 2.24) is 4.72 Å². The van der Waals surface area contributed by atoms with Gasteiger partial charge in [0, 0.05) is 24.7 Å². The van der Waals surface area contributed by atoms with Gasteiger partial charge in [-0.15, -0.1) is 0 Å². The third kappa shape index (κ3) is 3.67. The molecule has 0 saturated carbocycles. The lowest BCUT2D eigenvalue weighted by Gasteiger charge is -2.24. The SMILES string of the molecule is CCC(C)(C)NS(=O)(=O)c1cc([N+](=O)[O-])ccc1NC. The molecule has 20 heavy (non-hydrogen) atoms. The molecule has 0 fully saturated rings. The average Bonchev–Trinajstić information content (AvgIpc) is 2.36. The van der Waals surface area contributed by atoms with Gasteiger partial charge in [0.2, 0.25) is 10.0 Å². The van der Waals surface area contributed by atoms with Crippen molar-refractivity contribution in [3.63, 3.8) is 0 Å². The number of nitrogens with one attached hydrogen (secondary N) is 2. The Morgan fingerprint density at radius 1 is 1.35 bits per heavy atom. The van der Waals surface area contributed by atoms with Gasteiger partial charge in [-0.3, -0.25) is 10.1 Å². The van der Waals surface area contributed by atoms with Crippen LogP contribution in [0.2, 0.25) is 0 Å². The molecule has 1 aromatic carbocycles. The molecule has 0 aromatic heterocycles. The standard InChI is InChI=1S/C12H19N3O4S/c1-5-12(2,3)14-20(18,19)11-8-9(15(16)17)6-7-10(11)13-4/h6-8,13-14H,5H2,1-4H3. The maximum Gasteiger partial charge on any atom is 0.270 e. The molecular weight excluding hydrogens is 282 g/mol. The van der Waals surface area contributed by atoms with E-state index < -0.39 is 20.5 Å². The number of benzene rings is 1. The second-order valence-electron chi connectivity index (χ2n) is 5.03. The Bertz CT molecular complexity index is 611. The minimum atomic E-state index is -3.85. The fourth-order valence-corrected chi connectivity index (χ4v) is 3.26. The second kappa shape index (κ2) is 5.76. The average molecular weight is 301 g/mol. The Morgan fingerprint density at radius 3 is 2.40 bits per heavy atom. The lowest BCUT2D eigenvalue weighted by molar-refractivity contribution is -0.385. The molecule has 0 unspecified atom stereocenters. The summed E-state index contributed by atoms with van der Waals surface area (Å²) >= 11 is 0. The van der Waals surface area contributed by atoms with Gasteiger partial charge in [0.15, 0.2) is 0 Å². The third-order valence-electron chi connectivity index (χ3n) is 3.03. The quantitative estimate of drug-likeness (QED) is 0.619. The van der Waals surface area contributed by atoms with Crippen molar-refractivity contribution < 1.29 is 13.3 Å². The monoisotopic (exact) mass is 301 g/mol. The number of rotatable bonds is 6. The molecule has 112 valence electrons. The van der Waals surface area contributed by atoms with Crippen LogP contribution in [0.5, 0.6) is 0 Å². The molecule has 0 aliphatic heterocycles. The minimum absolute atomic E-state index is 0.129. The van der Waals surface area contributed by atoms with Gasteiger partial charge < -0.3 is 5.32 Å². The molecule has 2 N–H and O–H groups in total. The van der Waals surface area contributed by atoms with Gasteiger partial charge in [-0.25, -0.2) is 13.1 Å². The number of non-ortho nitro benzene ring substituents is 1. The summed E-state index contributed by atoms with van der Waals surface area (Å²) in [6.45, 7) is 5.36. The van der Waals surface area contributed by atoms with E-state index in [2.05, 4.69) is 10.0 Å². The molecule has 1 rings (SSSR count). The van der Waals surface area contributed by atoms with E-state index in [4.69, 9.17) is 0 Å². The van der Waals surface area contributed by atoms with E-state index in [0.717, 1.165) is 6.07 Å². The normalized spacial score (nSPS) is 12.2. The Hall–Kier alpha value is -1.67. The van der Waals surface area contributed by atoms with Crippen LogP contribution in [0.4, 0.5) is 11.4 Å². The van der Waals surface area contributed by atoms with Crippen molar-refractivity contribution in [2.75, 3.05) is 12.4 Å². The minimum Gasteiger partial charge on any atom is -0.387 e. The van der Waals surface area contributed by atoms with E-state index in [1.54, 1.807) is 20.9 Å². The Morgan fingerprint density at radius 2 is 1.95 bits per heavy atom. The Labute approximate surface area is 118 Å². The first kappa shape index (κ1) is 16.4. The van der Waals surface area contributed by atoms with E-state index in [1.165, 1.54) is 12.1 Å². The highest BCUT2D eigenvalue weighted by Crippen LogP contribution is 2.27. The summed E-state index contributed by atoms with van der Waals surface area (Å²) in [7, 11) is -2.29. The fraction of sp³-hybridized carbons (Fsp3) is 0.500. The van der Waals surface area contributed by atoms with Gasteiger partial charge in [-0.05, 0) is 26.3 Å². The Balaban J connectivity index is 3.36. The predicted molar refractivity (Wildman–Crippen MR) is 77.3 cm³/mol. The first-order valence-electron chi connectivity index (χ1n) is 6.13. The van der Waals surface area contributed by atoms with Crippen LogP contribution in [0.1, 0.15) is 27.2 Å². The molecule has 0 bridgehead atoms. The number of nitrogens with zero attached hydrogens (tertiary/aromatic N) is 1. The molecule has 0 heterocycles. The molecule has 0 amide bonds. The van der Waals surface area contributed by atoms with Gasteiger partial charge in [-0.2, -0.15) is 0 Å². The van der Waals surface area contributed by atoms with Crippen LogP contribution in [0.15, 0.2) is 23.1 Å². The number of hydrogen-bond acceptors (Lipinski definition) is 5. The molecule has 0 spiro atoms. The van der Waals surface area contributed by atoms with Gasteiger partial charge in [0.25, 0.3) is 5.69 Å². The lowest BCUT2D eigenvalue weighted by atomic mass is 10.0. The Kier molecular flexibility index (Phi) is 4.72. The van der Waals surface area contributed by atoms with E-state index in [0.29, 0.717) is 12.1 Å². The molecule has 0 saturated heterocycles. The van der Waals surface area contributed by atoms with Crippen molar-refractivity contribution >= 4 is 21.4 Å². The number of nitro benzene ring substituents is 1. The molecule has 1 aromatic rings. The van der Waals surface area contributed by atoms with Gasteiger partial charge in [0.1, 0.15) is 4.90 Å². The highest BCUT2D eigenvalue weighted by Gasteiger charge is 2.28. The lowest BCUT2D eigenvalue weighted by Crippen LogP contribution is -2.42. The van der Waals surface area contributed by atoms with E-state index in [-0.39, 0.29) is 10.6 Å². The summed E-state index contributed by atoms with van der Waals surface area (Å²) in [5.41, 5.74) is -0.581. The van der Waals surface area contributed by atoms with Crippen LogP contribution in [0.25, 0.3) is 0 Å². The summed E-state index contributed by atoms with van der Waals surface area (Å²) in [5, 5.41) is 13.5. The highest BCUT2D eigenvalue weighted by atomic mass is 32.2. The molecule has 0 radical (unpaired) electrons. The van der Waals surface area contributed by atoms with E-state index >= 15 is 0 Å². The van der Waals surface area contributed by atoms with Gasteiger partial charge in [-0.1, -0.05) is 6.92 Å². The summed E-state index contributed by atoms with van der Waals surface area (Å²) in [6.07, 6.45) is 0.593. The maximum atomic E-state index is 12.4. The topological polar surface area (TPSA) is 101 Å². The number of hydrogen-bond donors (Lipinski definition) is 2. The van der Waals surface area contributed by atoms with Crippen molar-refractivity contribution in [3.8, 4) is 0 Å². The number of nitro groups is 1. The molecule has 0 aliphatic carbocycles. The predicted octanol–water partition coefficient (Wildman–Crippen LogP) is 2.10. The third-order valence-corrected chi connectivity index (χ3v) is 4.77. The van der Waals surface area contributed by atoms with Gasteiger partial charge in [0.05, 0.1) is 10.6 Å². The molecule has 0 aliphatic rings. The van der Waals surface area contributed by atoms with Crippen LogP contribution < -0.4 is 10.0 Å². The van der Waals surface area contributed by atoms with Crippen molar-refractivity contribution in [3.05, 3.63) is 28.3 Å². The molecule has 0 atom stereocenters. The smallest absolute Gasteiger partial charge is 0.270 e. The summed E-state index contributed by atoms with van der Waals surface area (Å²) < 4.78 is 27.3. The summed E-state index contributed by atoms with van der Waals surface area (Å²) in [5.74, 6) is 0. The van der Waals surface area contributed by atoms with Crippen molar-refractivity contribution in [2.45, 2.75) is 37.6 Å². The van der Waals surface area contributed by atoms with E-state index in [1.807, 2.05) is 6.92 Å². The van der Waals surface area contributed by atoms with Crippen LogP contribution in [0.3, 0.4) is 0 Å². The summed E-state index contributed by atoms with van der Waals surface area (Å²) in [6, 6.07) is 3.70. The highest BCUT2D eigenvalue weighted by molar-refractivity contribution is 7.89. The van der Waals surface area contributed by atoms with Crippen LogP contribution in [0, 0.1) is 10.1 Å². The largest absolute Gasteiger partial charge is 0.387 e. The number of anilines is 1. The van der Waals surface area contributed by atoms with Crippen LogP contribution >= 0.6 is 0 Å². The van der Waals surface area contributed by atoms with Crippen molar-refractivity contribution in [1.29, 1.82) is 0 Å². The first-order valence-corrected chi connectivity index (χ1v) is 7.61. The fourth-order valence-electron chi connectivity index (χ4n) is 1.54. The maximum absolute atomic E-state index is 12.4. The second-order valence-corrected chi connectivity index (χ2v) is 6.68.